The molecule has 5 rings (SSSR count). The van der Waals surface area contributed by atoms with Crippen LogP contribution < -0.4 is 15.4 Å². The molecule has 2 aromatic carbocycles. The molecular weight excluding hydrogens is 624 g/mol. The van der Waals surface area contributed by atoms with Crippen LogP contribution in [0.3, 0.4) is 0 Å². The van der Waals surface area contributed by atoms with Crippen molar-refractivity contribution < 1.29 is 32.3 Å². The molecule has 0 atom stereocenters. The SMILES string of the molecule is Cn1c(-c2ccc(OC(F)F)c(F)c2Cl)cnc1C(=O)Nc1ccc(C(=O)N2CCN(C(=O)C3CCNCC3)CC2)c(Cl)c1. The van der Waals surface area contributed by atoms with E-state index in [2.05, 4.69) is 20.4 Å². The first kappa shape index (κ1) is 31.6. The van der Waals surface area contributed by atoms with E-state index < -0.39 is 29.1 Å². The smallest absolute Gasteiger partial charge is 0.387 e. The van der Waals surface area contributed by atoms with E-state index in [0.717, 1.165) is 32.0 Å². The molecule has 0 saturated carbocycles. The zero-order valence-corrected chi connectivity index (χ0v) is 25.1. The van der Waals surface area contributed by atoms with Crippen molar-refractivity contribution in [3.63, 3.8) is 0 Å². The van der Waals surface area contributed by atoms with Gasteiger partial charge in [0.2, 0.25) is 5.91 Å². The number of ether oxygens (including phenoxy) is 1. The Morgan fingerprint density at radius 1 is 1.05 bits per heavy atom. The molecular formula is C29H29Cl2F3N6O4. The second-order valence-electron chi connectivity index (χ2n) is 10.4. The molecule has 15 heteroatoms. The number of benzene rings is 2. The van der Waals surface area contributed by atoms with Crippen LogP contribution in [0.25, 0.3) is 11.3 Å². The van der Waals surface area contributed by atoms with Gasteiger partial charge in [0.25, 0.3) is 11.8 Å². The van der Waals surface area contributed by atoms with Crippen molar-refractivity contribution in [1.29, 1.82) is 0 Å². The van der Waals surface area contributed by atoms with E-state index in [-0.39, 0.29) is 45.4 Å². The maximum absolute atomic E-state index is 14.5. The van der Waals surface area contributed by atoms with Gasteiger partial charge in [0, 0.05) is 50.4 Å². The number of nitrogens with one attached hydrogen (secondary N) is 2. The highest BCUT2D eigenvalue weighted by Gasteiger charge is 2.30. The van der Waals surface area contributed by atoms with Crippen LogP contribution >= 0.6 is 23.2 Å². The molecule has 3 heterocycles. The highest BCUT2D eigenvalue weighted by Crippen LogP contribution is 2.35. The van der Waals surface area contributed by atoms with Gasteiger partial charge in [-0.25, -0.2) is 9.37 Å². The number of carbonyl (C=O) groups excluding carboxylic acids is 3. The first-order valence-corrected chi connectivity index (χ1v) is 14.6. The van der Waals surface area contributed by atoms with Gasteiger partial charge < -0.3 is 29.7 Å². The van der Waals surface area contributed by atoms with E-state index in [4.69, 9.17) is 23.2 Å². The van der Waals surface area contributed by atoms with Crippen molar-refractivity contribution in [3.05, 3.63) is 63.8 Å². The molecule has 10 nitrogen and oxygen atoms in total. The highest BCUT2D eigenvalue weighted by atomic mass is 35.5. The lowest BCUT2D eigenvalue weighted by molar-refractivity contribution is -0.137. The summed E-state index contributed by atoms with van der Waals surface area (Å²) in [6.45, 7) is 0.134. The Morgan fingerprint density at radius 3 is 2.39 bits per heavy atom. The lowest BCUT2D eigenvalue weighted by atomic mass is 9.96. The molecule has 0 bridgehead atoms. The highest BCUT2D eigenvalue weighted by molar-refractivity contribution is 6.34. The van der Waals surface area contributed by atoms with Gasteiger partial charge in [-0.1, -0.05) is 23.2 Å². The third kappa shape index (κ3) is 6.64. The summed E-state index contributed by atoms with van der Waals surface area (Å²) in [7, 11) is 1.50. The normalized spacial score (nSPS) is 15.9. The summed E-state index contributed by atoms with van der Waals surface area (Å²) in [6.07, 6.45) is 2.93. The number of carbonyl (C=O) groups is 3. The average molecular weight is 653 g/mol. The lowest BCUT2D eigenvalue weighted by Gasteiger charge is -2.37. The Kier molecular flexibility index (Phi) is 9.66. The van der Waals surface area contributed by atoms with Crippen molar-refractivity contribution in [3.8, 4) is 17.0 Å². The lowest BCUT2D eigenvalue weighted by Crippen LogP contribution is -2.52. The van der Waals surface area contributed by atoms with Crippen molar-refractivity contribution in [1.82, 2.24) is 24.7 Å². The summed E-state index contributed by atoms with van der Waals surface area (Å²) in [5, 5.41) is 5.59. The largest absolute Gasteiger partial charge is 0.432 e. The van der Waals surface area contributed by atoms with Crippen LogP contribution in [0.15, 0.2) is 36.5 Å². The minimum absolute atomic E-state index is 0.0237. The number of anilines is 1. The van der Waals surface area contributed by atoms with Gasteiger partial charge >= 0.3 is 6.61 Å². The summed E-state index contributed by atoms with van der Waals surface area (Å²) in [5.41, 5.74) is 0.926. The zero-order valence-electron chi connectivity index (χ0n) is 23.6. The molecule has 0 aliphatic carbocycles. The summed E-state index contributed by atoms with van der Waals surface area (Å²) in [6, 6.07) is 6.79. The molecule has 1 aromatic heterocycles. The minimum atomic E-state index is -3.23. The number of amides is 3. The number of imidazole rings is 1. The van der Waals surface area contributed by atoms with Crippen molar-refractivity contribution in [2.24, 2.45) is 13.0 Å². The first-order chi connectivity index (χ1) is 21.0. The minimum Gasteiger partial charge on any atom is -0.432 e. The van der Waals surface area contributed by atoms with Crippen molar-refractivity contribution in [2.75, 3.05) is 44.6 Å². The summed E-state index contributed by atoms with van der Waals surface area (Å²) in [5.74, 6) is -2.68. The van der Waals surface area contributed by atoms with Crippen molar-refractivity contribution >= 4 is 46.6 Å². The number of hydrogen-bond acceptors (Lipinski definition) is 6. The number of aromatic nitrogens is 2. The quantitative estimate of drug-likeness (QED) is 0.384. The summed E-state index contributed by atoms with van der Waals surface area (Å²) >= 11 is 12.5. The maximum Gasteiger partial charge on any atom is 0.387 e. The molecule has 0 spiro atoms. The topological polar surface area (TPSA) is 109 Å². The Labute approximate surface area is 261 Å². The second kappa shape index (κ2) is 13.4. The molecule has 0 unspecified atom stereocenters. The van der Waals surface area contributed by atoms with Crippen LogP contribution in [-0.4, -0.2) is 83.0 Å². The van der Waals surface area contributed by atoms with Gasteiger partial charge in [-0.15, -0.1) is 0 Å². The number of hydrogen-bond donors (Lipinski definition) is 2. The van der Waals surface area contributed by atoms with E-state index >= 15 is 0 Å². The Bertz CT molecular complexity index is 1570. The molecule has 2 fully saturated rings. The number of piperazine rings is 1. The van der Waals surface area contributed by atoms with Gasteiger partial charge in [-0.3, -0.25) is 14.4 Å². The van der Waals surface area contributed by atoms with E-state index in [9.17, 15) is 27.6 Å². The Balaban J connectivity index is 1.22. The monoisotopic (exact) mass is 652 g/mol. The van der Waals surface area contributed by atoms with E-state index in [1.165, 1.54) is 42.1 Å². The Hall–Kier alpha value is -3.81. The fraction of sp³-hybridized carbons (Fsp3) is 0.379. The molecule has 3 amide bonds. The van der Waals surface area contributed by atoms with Crippen LogP contribution in [0.1, 0.15) is 33.8 Å². The number of halogens is 5. The van der Waals surface area contributed by atoms with E-state index in [1.807, 2.05) is 4.90 Å². The number of piperidine rings is 1. The Morgan fingerprint density at radius 2 is 1.73 bits per heavy atom. The average Bonchev–Trinajstić information content (AvgIpc) is 3.40. The first-order valence-electron chi connectivity index (χ1n) is 13.9. The van der Waals surface area contributed by atoms with Crippen LogP contribution in [0, 0.1) is 11.7 Å². The third-order valence-electron chi connectivity index (χ3n) is 7.75. The molecule has 2 aliphatic heterocycles. The zero-order chi connectivity index (χ0) is 31.5. The van der Waals surface area contributed by atoms with Gasteiger partial charge in [0.15, 0.2) is 17.4 Å². The van der Waals surface area contributed by atoms with Gasteiger partial charge in [0.1, 0.15) is 0 Å². The number of rotatable bonds is 7. The molecule has 234 valence electrons. The molecule has 0 radical (unpaired) electrons. The number of alkyl halides is 2. The molecule has 2 N–H and O–H groups in total. The van der Waals surface area contributed by atoms with Crippen molar-refractivity contribution in [2.45, 2.75) is 19.5 Å². The molecule has 2 saturated heterocycles. The predicted octanol–water partition coefficient (Wildman–Crippen LogP) is 4.67. The van der Waals surface area contributed by atoms with Crippen LogP contribution in [0.4, 0.5) is 18.9 Å². The number of nitrogens with zero attached hydrogens (tertiary/aromatic N) is 4. The summed E-state index contributed by atoms with van der Waals surface area (Å²) < 4.78 is 45.0. The molecule has 3 aromatic rings. The van der Waals surface area contributed by atoms with Gasteiger partial charge in [-0.05, 0) is 56.3 Å². The fourth-order valence-electron chi connectivity index (χ4n) is 5.37. The van der Waals surface area contributed by atoms with E-state index in [0.29, 0.717) is 31.9 Å². The fourth-order valence-corrected chi connectivity index (χ4v) is 5.88. The van der Waals surface area contributed by atoms with Gasteiger partial charge in [0.05, 0.1) is 27.5 Å². The second-order valence-corrected chi connectivity index (χ2v) is 11.2. The van der Waals surface area contributed by atoms with Crippen LogP contribution in [0.2, 0.25) is 10.0 Å². The van der Waals surface area contributed by atoms with Crippen LogP contribution in [0.5, 0.6) is 5.75 Å². The maximum atomic E-state index is 14.5. The molecule has 2 aliphatic rings. The standard InChI is InChI=1S/C29H29Cl2F3N6O4/c1-38-21(19-4-5-22(44-29(33)34)24(32)23(19)31)15-36-25(38)26(41)37-17-2-3-18(20(30)14-17)28(43)40-12-10-39(11-13-40)27(42)16-6-8-35-9-7-16/h2-5,14-16,29,35H,6-13H2,1H3,(H,37,41). The third-order valence-corrected chi connectivity index (χ3v) is 8.44. The van der Waals surface area contributed by atoms with E-state index in [1.54, 1.807) is 4.90 Å². The summed E-state index contributed by atoms with van der Waals surface area (Å²) in [4.78, 5) is 46.6. The molecule has 44 heavy (non-hydrogen) atoms. The van der Waals surface area contributed by atoms with Crippen LogP contribution in [-0.2, 0) is 11.8 Å². The predicted molar refractivity (Wildman–Crippen MR) is 158 cm³/mol. The van der Waals surface area contributed by atoms with Gasteiger partial charge in [-0.2, -0.15) is 8.78 Å².